The summed E-state index contributed by atoms with van der Waals surface area (Å²) in [7, 11) is 0. The van der Waals surface area contributed by atoms with E-state index < -0.39 is 35.6 Å². The molecule has 0 saturated carbocycles. The van der Waals surface area contributed by atoms with Gasteiger partial charge in [-0.2, -0.15) is 0 Å². The van der Waals surface area contributed by atoms with Gasteiger partial charge in [0.05, 0.1) is 18.8 Å². The van der Waals surface area contributed by atoms with Crippen LogP contribution in [0, 0.1) is 0 Å². The van der Waals surface area contributed by atoms with E-state index in [9.17, 15) is 9.59 Å². The third kappa shape index (κ3) is 4.55. The first-order valence-electron chi connectivity index (χ1n) is 8.11. The minimum atomic E-state index is -2.59. The summed E-state index contributed by atoms with van der Waals surface area (Å²) in [5.74, 6) is -2.84. The van der Waals surface area contributed by atoms with Gasteiger partial charge in [0.1, 0.15) is 6.10 Å². The van der Waals surface area contributed by atoms with Crippen molar-refractivity contribution >= 4 is 11.9 Å². The van der Waals surface area contributed by atoms with Gasteiger partial charge in [0.15, 0.2) is 11.9 Å². The lowest BCUT2D eigenvalue weighted by atomic mass is 9.96. The van der Waals surface area contributed by atoms with Crippen molar-refractivity contribution in [2.75, 3.05) is 13.2 Å². The molecule has 1 unspecified atom stereocenters. The van der Waals surface area contributed by atoms with Crippen LogP contribution < -0.4 is 0 Å². The molecule has 2 rings (SSSR count). The average molecular weight is 354 g/mol. The standard InChI is InChI=1S/C18H23FO6/c1-5-22-16(21)18(4,19)14(13-11-23-17(2,3)25-13)24-15(20)12-9-7-6-8-10-12/h6-10,13-14H,5,11H2,1-4H3/t13?,14-,18+/m1/s1. The van der Waals surface area contributed by atoms with Crippen LogP contribution in [0.3, 0.4) is 0 Å². The predicted octanol–water partition coefficient (Wildman–Crippen LogP) is 2.65. The molecule has 1 fully saturated rings. The van der Waals surface area contributed by atoms with Crippen LogP contribution in [0.15, 0.2) is 30.3 Å². The van der Waals surface area contributed by atoms with Crippen LogP contribution in [-0.2, 0) is 23.7 Å². The summed E-state index contributed by atoms with van der Waals surface area (Å²) in [6.45, 7) is 5.88. The van der Waals surface area contributed by atoms with Gasteiger partial charge in [0.2, 0.25) is 5.67 Å². The number of halogens is 1. The van der Waals surface area contributed by atoms with E-state index >= 15 is 4.39 Å². The highest BCUT2D eigenvalue weighted by atomic mass is 19.1. The van der Waals surface area contributed by atoms with Gasteiger partial charge >= 0.3 is 11.9 Å². The molecule has 0 aromatic heterocycles. The van der Waals surface area contributed by atoms with Gasteiger partial charge in [-0.1, -0.05) is 18.2 Å². The Morgan fingerprint density at radius 2 is 2.00 bits per heavy atom. The Bertz CT molecular complexity index is 613. The summed E-state index contributed by atoms with van der Waals surface area (Å²) in [5, 5.41) is 0. The first-order chi connectivity index (χ1) is 11.7. The first-order valence-corrected chi connectivity index (χ1v) is 8.11. The molecule has 6 nitrogen and oxygen atoms in total. The molecule has 0 N–H and O–H groups in total. The fraction of sp³-hybridized carbons (Fsp3) is 0.556. The molecule has 0 spiro atoms. The van der Waals surface area contributed by atoms with Crippen LogP contribution in [0.5, 0.6) is 0 Å². The molecule has 1 aromatic carbocycles. The van der Waals surface area contributed by atoms with E-state index in [-0.39, 0.29) is 18.8 Å². The minimum absolute atomic E-state index is 0.00517. The van der Waals surface area contributed by atoms with Crippen molar-refractivity contribution in [3.8, 4) is 0 Å². The summed E-state index contributed by atoms with van der Waals surface area (Å²) >= 11 is 0. The zero-order chi connectivity index (χ0) is 18.7. The predicted molar refractivity (Wildman–Crippen MR) is 86.7 cm³/mol. The normalized spacial score (nSPS) is 22.7. The van der Waals surface area contributed by atoms with E-state index in [4.69, 9.17) is 18.9 Å². The molecule has 0 bridgehead atoms. The van der Waals surface area contributed by atoms with E-state index in [1.54, 1.807) is 39.0 Å². The summed E-state index contributed by atoms with van der Waals surface area (Å²) in [6.07, 6.45) is -2.46. The van der Waals surface area contributed by atoms with Crippen molar-refractivity contribution in [1.29, 1.82) is 0 Å². The van der Waals surface area contributed by atoms with E-state index in [1.807, 2.05) is 0 Å². The molecule has 0 aliphatic carbocycles. The number of alkyl halides is 1. The first kappa shape index (κ1) is 19.3. The summed E-state index contributed by atoms with van der Waals surface area (Å²) in [5.41, 5.74) is -2.35. The van der Waals surface area contributed by atoms with Crippen LogP contribution in [0.1, 0.15) is 38.1 Å². The smallest absolute Gasteiger partial charge is 0.347 e. The molecule has 1 aliphatic rings. The van der Waals surface area contributed by atoms with Crippen LogP contribution in [0.25, 0.3) is 0 Å². The number of carbonyl (C=O) groups is 2. The maximum atomic E-state index is 15.2. The SMILES string of the molecule is CCOC(=O)[C@@](C)(F)[C@H](OC(=O)c1ccccc1)C1COC(C)(C)O1. The molecule has 0 radical (unpaired) electrons. The van der Waals surface area contributed by atoms with E-state index in [0.29, 0.717) is 0 Å². The highest BCUT2D eigenvalue weighted by molar-refractivity contribution is 5.90. The fourth-order valence-electron chi connectivity index (χ4n) is 2.55. The Labute approximate surface area is 146 Å². The topological polar surface area (TPSA) is 71.1 Å². The van der Waals surface area contributed by atoms with Crippen molar-refractivity contribution in [2.24, 2.45) is 0 Å². The molecule has 138 valence electrons. The maximum Gasteiger partial charge on any atom is 0.347 e. The Morgan fingerprint density at radius 1 is 1.36 bits per heavy atom. The summed E-state index contributed by atoms with van der Waals surface area (Å²) < 4.78 is 36.4. The lowest BCUT2D eigenvalue weighted by molar-refractivity contribution is -0.183. The van der Waals surface area contributed by atoms with Crippen molar-refractivity contribution in [3.63, 3.8) is 0 Å². The van der Waals surface area contributed by atoms with E-state index in [2.05, 4.69) is 0 Å². The van der Waals surface area contributed by atoms with Crippen LogP contribution in [0.4, 0.5) is 4.39 Å². The van der Waals surface area contributed by atoms with Crippen molar-refractivity contribution < 1.29 is 32.9 Å². The van der Waals surface area contributed by atoms with Crippen LogP contribution in [-0.4, -0.2) is 48.8 Å². The fourth-order valence-corrected chi connectivity index (χ4v) is 2.55. The van der Waals surface area contributed by atoms with Crippen molar-refractivity contribution in [1.82, 2.24) is 0 Å². The molecule has 0 amide bonds. The maximum absolute atomic E-state index is 15.2. The highest BCUT2D eigenvalue weighted by Crippen LogP contribution is 2.33. The zero-order valence-electron chi connectivity index (χ0n) is 14.8. The number of ether oxygens (including phenoxy) is 4. The largest absolute Gasteiger partial charge is 0.464 e. The second-order valence-electron chi connectivity index (χ2n) is 6.36. The number of esters is 2. The number of benzene rings is 1. The minimum Gasteiger partial charge on any atom is -0.464 e. The molecule has 1 aromatic rings. The zero-order valence-corrected chi connectivity index (χ0v) is 14.8. The van der Waals surface area contributed by atoms with Gasteiger partial charge < -0.3 is 18.9 Å². The molecular weight excluding hydrogens is 331 g/mol. The molecule has 1 saturated heterocycles. The summed E-state index contributed by atoms with van der Waals surface area (Å²) in [4.78, 5) is 24.4. The van der Waals surface area contributed by atoms with Gasteiger partial charge in [-0.15, -0.1) is 0 Å². The second kappa shape index (κ2) is 7.49. The molecular formula is C18H23FO6. The van der Waals surface area contributed by atoms with E-state index in [1.165, 1.54) is 12.1 Å². The van der Waals surface area contributed by atoms with Gasteiger partial charge in [-0.25, -0.2) is 14.0 Å². The van der Waals surface area contributed by atoms with Crippen molar-refractivity contribution in [3.05, 3.63) is 35.9 Å². The number of carbonyl (C=O) groups excluding carboxylic acids is 2. The lowest BCUT2D eigenvalue weighted by Crippen LogP contribution is -2.53. The Morgan fingerprint density at radius 3 is 2.52 bits per heavy atom. The van der Waals surface area contributed by atoms with Gasteiger partial charge in [-0.3, -0.25) is 0 Å². The lowest BCUT2D eigenvalue weighted by Gasteiger charge is -2.32. The quantitative estimate of drug-likeness (QED) is 0.732. The molecule has 7 heteroatoms. The Kier molecular flexibility index (Phi) is 5.80. The Hall–Kier alpha value is -1.99. The number of rotatable bonds is 6. The van der Waals surface area contributed by atoms with E-state index in [0.717, 1.165) is 6.92 Å². The van der Waals surface area contributed by atoms with Crippen molar-refractivity contribution in [2.45, 2.75) is 51.4 Å². The highest BCUT2D eigenvalue weighted by Gasteiger charge is 2.54. The van der Waals surface area contributed by atoms with Gasteiger partial charge in [0, 0.05) is 0 Å². The monoisotopic (exact) mass is 354 g/mol. The molecule has 1 aliphatic heterocycles. The van der Waals surface area contributed by atoms with Gasteiger partial charge in [-0.05, 0) is 39.8 Å². The average Bonchev–Trinajstić information content (AvgIpc) is 2.92. The van der Waals surface area contributed by atoms with Crippen LogP contribution >= 0.6 is 0 Å². The third-order valence-corrected chi connectivity index (χ3v) is 3.82. The van der Waals surface area contributed by atoms with Crippen LogP contribution in [0.2, 0.25) is 0 Å². The molecule has 3 atom stereocenters. The van der Waals surface area contributed by atoms with Gasteiger partial charge in [0.25, 0.3) is 0 Å². The number of hydrogen-bond acceptors (Lipinski definition) is 6. The second-order valence-corrected chi connectivity index (χ2v) is 6.36. The number of hydrogen-bond donors (Lipinski definition) is 0. The Balaban J connectivity index is 2.26. The third-order valence-electron chi connectivity index (χ3n) is 3.82. The summed E-state index contributed by atoms with van der Waals surface area (Å²) in [6, 6.07) is 8.13. The molecule has 25 heavy (non-hydrogen) atoms. The molecule has 1 heterocycles.